The van der Waals surface area contributed by atoms with Crippen molar-refractivity contribution in [2.75, 3.05) is 4.90 Å². The number of Topliss-reactive ketones (excluding diaryl/α,β-unsaturated/α-hetero) is 1. The Morgan fingerprint density at radius 3 is 2.19 bits per heavy atom. The van der Waals surface area contributed by atoms with Gasteiger partial charge in [0.05, 0.1) is 6.04 Å². The predicted octanol–water partition coefficient (Wildman–Crippen LogP) is 4.75. The van der Waals surface area contributed by atoms with Crippen LogP contribution in [-0.2, 0) is 14.8 Å². The van der Waals surface area contributed by atoms with E-state index in [1.807, 2.05) is 71.6 Å². The van der Waals surface area contributed by atoms with Crippen LogP contribution in [0.3, 0.4) is 0 Å². The van der Waals surface area contributed by atoms with Crippen LogP contribution in [0.15, 0.2) is 94.2 Å². The molecule has 0 radical (unpaired) electrons. The maximum Gasteiger partial charge on any atom is 0.285 e. The number of hydrogen-bond acceptors (Lipinski definition) is 4. The number of fused-ring (bicyclic) bond motifs is 1. The fourth-order valence-corrected chi connectivity index (χ4v) is 5.85. The maximum absolute atomic E-state index is 12.9. The van der Waals surface area contributed by atoms with Gasteiger partial charge in [0, 0.05) is 23.6 Å². The highest BCUT2D eigenvalue weighted by Gasteiger charge is 2.42. The summed E-state index contributed by atoms with van der Waals surface area (Å²) in [5.41, 5.74) is 2.34. The molecule has 1 saturated carbocycles. The van der Waals surface area contributed by atoms with Gasteiger partial charge in [-0.1, -0.05) is 60.7 Å². The van der Waals surface area contributed by atoms with Gasteiger partial charge >= 0.3 is 0 Å². The number of carbonyl (C=O) groups is 1. The molecule has 0 saturated heterocycles. The zero-order valence-electron chi connectivity index (χ0n) is 16.9. The monoisotopic (exact) mass is 430 g/mol. The first kappa shape index (κ1) is 19.7. The second-order valence-electron chi connectivity index (χ2n) is 7.91. The lowest BCUT2D eigenvalue weighted by atomic mass is 9.88. The van der Waals surface area contributed by atoms with Gasteiger partial charge in [0.25, 0.3) is 10.0 Å². The van der Waals surface area contributed by atoms with Crippen molar-refractivity contribution in [3.8, 4) is 0 Å². The molecule has 5 rings (SSSR count). The highest BCUT2D eigenvalue weighted by molar-refractivity contribution is 7.90. The van der Waals surface area contributed by atoms with E-state index in [1.165, 1.54) is 0 Å². The first-order valence-corrected chi connectivity index (χ1v) is 11.9. The van der Waals surface area contributed by atoms with Gasteiger partial charge in [0.2, 0.25) is 0 Å². The highest BCUT2D eigenvalue weighted by atomic mass is 32.2. The number of amidine groups is 1. The number of hydrogen-bond donors (Lipinski definition) is 0. The third-order valence-electron chi connectivity index (χ3n) is 6.03. The van der Waals surface area contributed by atoms with Crippen LogP contribution in [0.25, 0.3) is 0 Å². The molecule has 5 nitrogen and oxygen atoms in total. The third-order valence-corrected chi connectivity index (χ3v) is 7.35. The zero-order valence-corrected chi connectivity index (χ0v) is 17.7. The van der Waals surface area contributed by atoms with Crippen LogP contribution < -0.4 is 4.90 Å². The van der Waals surface area contributed by atoms with E-state index >= 15 is 0 Å². The molecule has 2 aliphatic rings. The van der Waals surface area contributed by atoms with E-state index < -0.39 is 10.0 Å². The average Bonchev–Trinajstić information content (AvgIpc) is 3.33. The summed E-state index contributed by atoms with van der Waals surface area (Å²) >= 11 is 0. The Morgan fingerprint density at radius 2 is 1.52 bits per heavy atom. The molecule has 0 aromatic heterocycles. The Labute approximate surface area is 182 Å². The number of sulfonamides is 1. The minimum atomic E-state index is -3.80. The van der Waals surface area contributed by atoms with Crippen LogP contribution in [-0.4, -0.2) is 20.0 Å². The lowest BCUT2D eigenvalue weighted by Gasteiger charge is -2.37. The molecule has 31 heavy (non-hydrogen) atoms. The summed E-state index contributed by atoms with van der Waals surface area (Å²) in [7, 11) is -3.80. The van der Waals surface area contributed by atoms with Crippen molar-refractivity contribution in [2.24, 2.45) is 10.3 Å². The lowest BCUT2D eigenvalue weighted by Crippen LogP contribution is -2.40. The quantitative estimate of drug-likeness (QED) is 0.599. The molecule has 1 fully saturated rings. The summed E-state index contributed by atoms with van der Waals surface area (Å²) in [5.74, 6) is 0.348. The first-order valence-electron chi connectivity index (χ1n) is 10.4. The van der Waals surface area contributed by atoms with Gasteiger partial charge < -0.3 is 4.90 Å². The van der Waals surface area contributed by atoms with Crippen LogP contribution in [0.1, 0.15) is 36.4 Å². The molecule has 1 aliphatic heterocycles. The highest BCUT2D eigenvalue weighted by Crippen LogP contribution is 2.42. The van der Waals surface area contributed by atoms with E-state index in [4.69, 9.17) is 0 Å². The van der Waals surface area contributed by atoms with Crippen LogP contribution in [0, 0.1) is 5.92 Å². The van der Waals surface area contributed by atoms with Gasteiger partial charge in [-0.15, -0.1) is 4.40 Å². The molecule has 2 atom stereocenters. The van der Waals surface area contributed by atoms with Gasteiger partial charge in [-0.25, -0.2) is 0 Å². The van der Waals surface area contributed by atoms with Crippen molar-refractivity contribution in [2.45, 2.75) is 30.2 Å². The van der Waals surface area contributed by atoms with E-state index in [2.05, 4.69) is 4.40 Å². The minimum Gasteiger partial charge on any atom is -0.317 e. The smallest absolute Gasteiger partial charge is 0.285 e. The standard InChI is InChI=1S/C25H22N2O3S/c28-22-16-9-15-20(22)24(18-10-3-1-4-11-18)27(19-12-5-2-6-13-19)25-21-14-7-8-17-23(21)31(29,30)26-25/h1-8,10-14,17,20,24H,9,15-16H2. The van der Waals surface area contributed by atoms with E-state index in [1.54, 1.807) is 18.2 Å². The summed E-state index contributed by atoms with van der Waals surface area (Å²) in [4.78, 5) is 15.1. The second kappa shape index (κ2) is 7.78. The normalized spacial score (nSPS) is 20.2. The van der Waals surface area contributed by atoms with Gasteiger partial charge in [-0.3, -0.25) is 4.79 Å². The van der Waals surface area contributed by atoms with Crippen LogP contribution in [0.5, 0.6) is 0 Å². The Bertz CT molecular complexity index is 1250. The fourth-order valence-electron chi connectivity index (χ4n) is 4.65. The third kappa shape index (κ3) is 3.47. The Morgan fingerprint density at radius 1 is 0.871 bits per heavy atom. The zero-order chi connectivity index (χ0) is 21.4. The topological polar surface area (TPSA) is 66.8 Å². The van der Waals surface area contributed by atoms with Crippen molar-refractivity contribution < 1.29 is 13.2 Å². The number of benzene rings is 3. The predicted molar refractivity (Wildman–Crippen MR) is 121 cm³/mol. The number of ketones is 1. The van der Waals surface area contributed by atoms with Gasteiger partial charge in [-0.05, 0) is 42.7 Å². The summed E-state index contributed by atoms with van der Waals surface area (Å²) < 4.78 is 29.9. The van der Waals surface area contributed by atoms with Crippen molar-refractivity contribution in [1.29, 1.82) is 0 Å². The Hall–Kier alpha value is -3.25. The maximum atomic E-state index is 12.9. The summed E-state index contributed by atoms with van der Waals surface area (Å²) in [6.45, 7) is 0. The fraction of sp³-hybridized carbons (Fsp3) is 0.200. The molecule has 156 valence electrons. The molecule has 0 bridgehead atoms. The lowest BCUT2D eigenvalue weighted by molar-refractivity contribution is -0.121. The van der Waals surface area contributed by atoms with Gasteiger partial charge in [0.15, 0.2) is 5.84 Å². The molecule has 0 spiro atoms. The number of para-hydroxylation sites is 1. The number of rotatable bonds is 4. The molecule has 1 aliphatic carbocycles. The number of anilines is 1. The number of carbonyl (C=O) groups excluding carboxylic acids is 1. The van der Waals surface area contributed by atoms with Crippen LogP contribution in [0.2, 0.25) is 0 Å². The number of nitrogens with zero attached hydrogens (tertiary/aromatic N) is 2. The van der Waals surface area contributed by atoms with Gasteiger partial charge in [0.1, 0.15) is 10.7 Å². The SMILES string of the molecule is O=C1CCCC1C(c1ccccc1)N(C1=NS(=O)(=O)c2ccccc21)c1ccccc1. The summed E-state index contributed by atoms with van der Waals surface area (Å²) in [6, 6.07) is 26.0. The molecule has 1 heterocycles. The van der Waals surface area contributed by atoms with E-state index in [9.17, 15) is 13.2 Å². The Kier molecular flexibility index (Phi) is 4.94. The van der Waals surface area contributed by atoms with E-state index in [-0.39, 0.29) is 22.6 Å². The second-order valence-corrected chi connectivity index (χ2v) is 9.48. The first-order chi connectivity index (χ1) is 15.1. The molecule has 0 N–H and O–H groups in total. The average molecular weight is 431 g/mol. The van der Waals surface area contributed by atoms with Crippen molar-refractivity contribution >= 4 is 27.3 Å². The summed E-state index contributed by atoms with van der Waals surface area (Å²) in [6.07, 6.45) is 2.16. The van der Waals surface area contributed by atoms with Crippen LogP contribution >= 0.6 is 0 Å². The van der Waals surface area contributed by atoms with Crippen molar-refractivity contribution in [1.82, 2.24) is 0 Å². The van der Waals surface area contributed by atoms with Crippen LogP contribution in [0.4, 0.5) is 5.69 Å². The van der Waals surface area contributed by atoms with E-state index in [0.717, 1.165) is 24.1 Å². The molecule has 2 unspecified atom stereocenters. The molecular formula is C25H22N2O3S. The molecular weight excluding hydrogens is 408 g/mol. The van der Waals surface area contributed by atoms with Crippen molar-refractivity contribution in [3.05, 3.63) is 96.1 Å². The molecule has 3 aromatic rings. The Balaban J connectivity index is 1.76. The summed E-state index contributed by atoms with van der Waals surface area (Å²) in [5, 5.41) is 0. The molecule has 0 amide bonds. The molecule has 6 heteroatoms. The van der Waals surface area contributed by atoms with E-state index in [0.29, 0.717) is 17.8 Å². The molecule has 3 aromatic carbocycles. The van der Waals surface area contributed by atoms with Crippen molar-refractivity contribution in [3.63, 3.8) is 0 Å². The minimum absolute atomic E-state index is 0.204. The van der Waals surface area contributed by atoms with Gasteiger partial charge in [-0.2, -0.15) is 8.42 Å². The largest absolute Gasteiger partial charge is 0.317 e.